The van der Waals surface area contributed by atoms with Gasteiger partial charge in [0.25, 0.3) is 0 Å². The molecule has 1 aliphatic heterocycles. The number of likely N-dealkylation sites (tertiary alicyclic amines) is 1. The fraction of sp³-hybridized carbons (Fsp3) is 0.588. The Morgan fingerprint density at radius 3 is 2.73 bits per heavy atom. The molecule has 1 aromatic rings. The van der Waals surface area contributed by atoms with Crippen LogP contribution in [-0.2, 0) is 6.54 Å². The van der Waals surface area contributed by atoms with E-state index in [1.807, 2.05) is 11.8 Å². The Morgan fingerprint density at radius 1 is 1.38 bits per heavy atom. The molecule has 9 heteroatoms. The van der Waals surface area contributed by atoms with E-state index in [1.165, 1.54) is 6.07 Å². The van der Waals surface area contributed by atoms with Gasteiger partial charge in [-0.2, -0.15) is 8.78 Å². The van der Waals surface area contributed by atoms with E-state index in [1.54, 1.807) is 19.1 Å². The van der Waals surface area contributed by atoms with Crippen molar-refractivity contribution < 1.29 is 23.4 Å². The quantitative estimate of drug-likeness (QED) is 0.354. The zero-order valence-corrected chi connectivity index (χ0v) is 17.3. The third-order valence-electron chi connectivity index (χ3n) is 3.73. The Balaban J connectivity index is 0.00000338. The molecule has 2 N–H and O–H groups in total. The summed E-state index contributed by atoms with van der Waals surface area (Å²) in [5.74, 6) is 1.01. The second-order valence-corrected chi connectivity index (χ2v) is 5.65. The predicted octanol–water partition coefficient (Wildman–Crippen LogP) is 2.84. The molecule has 1 saturated heterocycles. The molecule has 0 saturated carbocycles. The molecule has 0 spiro atoms. The van der Waals surface area contributed by atoms with Gasteiger partial charge in [-0.05, 0) is 38.0 Å². The van der Waals surface area contributed by atoms with Gasteiger partial charge in [-0.3, -0.25) is 0 Å². The topological polar surface area (TPSA) is 66.3 Å². The molecule has 0 radical (unpaired) electrons. The summed E-state index contributed by atoms with van der Waals surface area (Å²) >= 11 is 0. The van der Waals surface area contributed by atoms with Crippen LogP contribution in [0.15, 0.2) is 23.2 Å². The molecule has 1 aromatic carbocycles. The molecule has 1 aliphatic rings. The minimum atomic E-state index is -2.90. The summed E-state index contributed by atoms with van der Waals surface area (Å²) in [5, 5.41) is 12.9. The lowest BCUT2D eigenvalue weighted by Crippen LogP contribution is -2.40. The lowest BCUT2D eigenvalue weighted by molar-refractivity contribution is -0.0514. The number of guanidine groups is 1. The maximum Gasteiger partial charge on any atom is 0.387 e. The number of β-amino-alcohol motifs (C(OH)–C–C–N with tert-alkyl or cyclic N) is 1. The molecule has 0 unspecified atom stereocenters. The fourth-order valence-electron chi connectivity index (χ4n) is 2.64. The number of ether oxygens (including phenoxy) is 2. The molecule has 1 atom stereocenters. The highest BCUT2D eigenvalue weighted by Gasteiger charge is 2.22. The number of nitrogens with zero attached hydrogens (tertiary/aromatic N) is 2. The number of hydrogen-bond acceptors (Lipinski definition) is 4. The van der Waals surface area contributed by atoms with Crippen molar-refractivity contribution in [2.45, 2.75) is 39.5 Å². The molecule has 1 heterocycles. The van der Waals surface area contributed by atoms with Crippen molar-refractivity contribution in [1.82, 2.24) is 10.2 Å². The molecule has 26 heavy (non-hydrogen) atoms. The van der Waals surface area contributed by atoms with Crippen molar-refractivity contribution in [3.8, 4) is 11.5 Å². The Kier molecular flexibility index (Phi) is 9.92. The van der Waals surface area contributed by atoms with Crippen LogP contribution < -0.4 is 14.8 Å². The Labute approximate surface area is 169 Å². The Morgan fingerprint density at radius 2 is 2.15 bits per heavy atom. The molecule has 1 fully saturated rings. The van der Waals surface area contributed by atoms with Crippen LogP contribution in [0.5, 0.6) is 11.5 Å². The number of benzene rings is 1. The first-order valence-electron chi connectivity index (χ1n) is 8.45. The lowest BCUT2D eigenvalue weighted by Gasteiger charge is -2.21. The summed E-state index contributed by atoms with van der Waals surface area (Å²) < 4.78 is 34.7. The Bertz CT molecular complexity index is 590. The van der Waals surface area contributed by atoms with Gasteiger partial charge in [-0.15, -0.1) is 24.0 Å². The normalized spacial score (nSPS) is 17.2. The van der Waals surface area contributed by atoms with Crippen LogP contribution in [0.25, 0.3) is 0 Å². The predicted molar refractivity (Wildman–Crippen MR) is 107 cm³/mol. The number of hydrogen-bond donors (Lipinski definition) is 2. The number of rotatable bonds is 7. The second kappa shape index (κ2) is 11.4. The third-order valence-corrected chi connectivity index (χ3v) is 3.73. The van der Waals surface area contributed by atoms with E-state index in [4.69, 9.17) is 4.74 Å². The van der Waals surface area contributed by atoms with E-state index in [9.17, 15) is 13.9 Å². The van der Waals surface area contributed by atoms with Crippen molar-refractivity contribution in [3.63, 3.8) is 0 Å². The van der Waals surface area contributed by atoms with Gasteiger partial charge in [-0.25, -0.2) is 4.99 Å². The first kappa shape index (κ1) is 22.7. The molecular weight excluding hydrogens is 459 g/mol. The van der Waals surface area contributed by atoms with E-state index >= 15 is 0 Å². The first-order chi connectivity index (χ1) is 12.0. The van der Waals surface area contributed by atoms with Crippen LogP contribution in [0.1, 0.15) is 25.8 Å². The zero-order chi connectivity index (χ0) is 18.2. The van der Waals surface area contributed by atoms with Crippen LogP contribution in [0.4, 0.5) is 8.78 Å². The van der Waals surface area contributed by atoms with Gasteiger partial charge in [0.1, 0.15) is 0 Å². The van der Waals surface area contributed by atoms with E-state index in [0.717, 1.165) is 31.0 Å². The van der Waals surface area contributed by atoms with Crippen molar-refractivity contribution >= 4 is 29.9 Å². The third kappa shape index (κ3) is 6.75. The van der Waals surface area contributed by atoms with E-state index in [2.05, 4.69) is 15.0 Å². The maximum atomic E-state index is 12.5. The minimum Gasteiger partial charge on any atom is -0.490 e. The number of aliphatic imine (C=N–C) groups is 1. The average Bonchev–Trinajstić information content (AvgIpc) is 3.00. The highest BCUT2D eigenvalue weighted by atomic mass is 127. The van der Waals surface area contributed by atoms with Gasteiger partial charge in [0.15, 0.2) is 17.5 Å². The largest absolute Gasteiger partial charge is 0.490 e. The highest BCUT2D eigenvalue weighted by molar-refractivity contribution is 14.0. The minimum absolute atomic E-state index is 0. The van der Waals surface area contributed by atoms with Crippen LogP contribution >= 0.6 is 24.0 Å². The van der Waals surface area contributed by atoms with Crippen LogP contribution in [-0.4, -0.2) is 54.9 Å². The van der Waals surface area contributed by atoms with E-state index in [-0.39, 0.29) is 41.6 Å². The van der Waals surface area contributed by atoms with Gasteiger partial charge >= 0.3 is 6.61 Å². The molecule has 0 bridgehead atoms. The maximum absolute atomic E-state index is 12.5. The molecule has 148 valence electrons. The number of halogens is 3. The molecule has 0 amide bonds. The average molecular weight is 485 g/mol. The number of aliphatic hydroxyl groups excluding tert-OH is 1. The van der Waals surface area contributed by atoms with Gasteiger partial charge in [0.2, 0.25) is 0 Å². The van der Waals surface area contributed by atoms with Gasteiger partial charge in [-0.1, -0.05) is 6.07 Å². The lowest BCUT2D eigenvalue weighted by atomic mass is 10.2. The standard InChI is InChI=1S/C17H25F2N3O3.HI/c1-3-20-17(22-8-7-13(23)11-22)21-10-12-5-6-14(25-16(18)19)15(9-12)24-4-2;/h5-6,9,13,16,23H,3-4,7-8,10-11H2,1-2H3,(H,20,21);1H/t13-;/m1./s1. The number of nitrogens with one attached hydrogen (secondary N) is 1. The van der Waals surface area contributed by atoms with Crippen molar-refractivity contribution in [2.75, 3.05) is 26.2 Å². The fourth-order valence-corrected chi connectivity index (χ4v) is 2.64. The van der Waals surface area contributed by atoms with Gasteiger partial charge in [0.05, 0.1) is 19.3 Å². The molecule has 2 rings (SSSR count). The summed E-state index contributed by atoms with van der Waals surface area (Å²) in [6.07, 6.45) is 0.387. The molecule has 0 aromatic heterocycles. The van der Waals surface area contributed by atoms with Crippen molar-refractivity contribution in [3.05, 3.63) is 23.8 Å². The SMILES string of the molecule is CCNC(=NCc1ccc(OC(F)F)c(OCC)c1)N1CC[C@@H](O)C1.I. The molecule has 0 aliphatic carbocycles. The molecule has 6 nitrogen and oxygen atoms in total. The van der Waals surface area contributed by atoms with E-state index < -0.39 is 6.61 Å². The number of alkyl halides is 2. The summed E-state index contributed by atoms with van der Waals surface area (Å²) in [4.78, 5) is 6.57. The monoisotopic (exact) mass is 485 g/mol. The van der Waals surface area contributed by atoms with Gasteiger partial charge < -0.3 is 24.8 Å². The van der Waals surface area contributed by atoms with Gasteiger partial charge in [0, 0.05) is 19.6 Å². The Hall–Kier alpha value is -1.36. The number of aliphatic hydroxyl groups is 1. The summed E-state index contributed by atoms with van der Waals surface area (Å²) in [5.41, 5.74) is 0.820. The van der Waals surface area contributed by atoms with Crippen LogP contribution in [0.2, 0.25) is 0 Å². The highest BCUT2D eigenvalue weighted by Crippen LogP contribution is 2.30. The summed E-state index contributed by atoms with van der Waals surface area (Å²) in [6, 6.07) is 4.81. The smallest absolute Gasteiger partial charge is 0.387 e. The summed E-state index contributed by atoms with van der Waals surface area (Å²) in [6.45, 7) is 3.59. The van der Waals surface area contributed by atoms with E-state index in [0.29, 0.717) is 19.7 Å². The van der Waals surface area contributed by atoms with Crippen molar-refractivity contribution in [2.24, 2.45) is 4.99 Å². The summed E-state index contributed by atoms with van der Waals surface area (Å²) in [7, 11) is 0. The molecular formula is C17H26F2IN3O3. The van der Waals surface area contributed by atoms with Crippen molar-refractivity contribution in [1.29, 1.82) is 0 Å². The van der Waals surface area contributed by atoms with Crippen LogP contribution in [0, 0.1) is 0 Å². The van der Waals surface area contributed by atoms with Crippen LogP contribution in [0.3, 0.4) is 0 Å². The first-order valence-corrected chi connectivity index (χ1v) is 8.45. The zero-order valence-electron chi connectivity index (χ0n) is 15.0. The second-order valence-electron chi connectivity index (χ2n) is 5.65.